The molecule has 2 aliphatic rings. The van der Waals surface area contributed by atoms with Crippen LogP contribution in [0.25, 0.3) is 0 Å². The molecule has 0 aliphatic heterocycles. The molecule has 2 unspecified atom stereocenters. The summed E-state index contributed by atoms with van der Waals surface area (Å²) < 4.78 is 0. The van der Waals surface area contributed by atoms with Gasteiger partial charge in [0.1, 0.15) is 0 Å². The van der Waals surface area contributed by atoms with Crippen LogP contribution in [-0.4, -0.2) is 0 Å². The van der Waals surface area contributed by atoms with Crippen LogP contribution >= 0.6 is 0 Å². The third kappa shape index (κ3) is 0.229. The first-order valence-electron chi connectivity index (χ1n) is 2.91. The lowest BCUT2D eigenvalue weighted by molar-refractivity contribution is 0.601. The van der Waals surface area contributed by atoms with Crippen molar-refractivity contribution in [2.24, 2.45) is 17.3 Å². The quantitative estimate of drug-likeness (QED) is 0.402. The van der Waals surface area contributed by atoms with E-state index in [1.165, 1.54) is 0 Å². The van der Waals surface area contributed by atoms with E-state index in [-0.39, 0.29) is 0 Å². The SMILES string of the molecule is CC1(C)C2C=CC21. The van der Waals surface area contributed by atoms with Gasteiger partial charge in [0.15, 0.2) is 0 Å². The lowest BCUT2D eigenvalue weighted by Gasteiger charge is -1.91. The first-order valence-corrected chi connectivity index (χ1v) is 2.91. The maximum absolute atomic E-state index is 2.34. The molecule has 7 heavy (non-hydrogen) atoms. The van der Waals surface area contributed by atoms with Crippen molar-refractivity contribution in [3.05, 3.63) is 12.2 Å². The Morgan fingerprint density at radius 2 is 1.57 bits per heavy atom. The van der Waals surface area contributed by atoms with E-state index in [2.05, 4.69) is 26.0 Å². The maximum atomic E-state index is 2.34. The van der Waals surface area contributed by atoms with Crippen molar-refractivity contribution in [2.45, 2.75) is 13.8 Å². The highest BCUT2D eigenvalue weighted by Gasteiger charge is 2.58. The van der Waals surface area contributed by atoms with Gasteiger partial charge in [0.25, 0.3) is 0 Å². The van der Waals surface area contributed by atoms with Gasteiger partial charge in [-0.1, -0.05) is 26.0 Å². The molecule has 0 bridgehead atoms. The van der Waals surface area contributed by atoms with Crippen LogP contribution in [0.3, 0.4) is 0 Å². The van der Waals surface area contributed by atoms with Crippen molar-refractivity contribution in [3.63, 3.8) is 0 Å². The highest BCUT2D eigenvalue weighted by Crippen LogP contribution is 2.65. The molecule has 2 rings (SSSR count). The summed E-state index contributed by atoms with van der Waals surface area (Å²) in [5.74, 6) is 1.93. The Hall–Kier alpha value is -0.260. The molecule has 1 saturated carbocycles. The second-order valence-electron chi connectivity index (χ2n) is 3.26. The molecule has 0 saturated heterocycles. The highest BCUT2D eigenvalue weighted by molar-refractivity contribution is 5.30. The van der Waals surface area contributed by atoms with Gasteiger partial charge in [-0.2, -0.15) is 0 Å². The normalized spacial score (nSPS) is 50.0. The van der Waals surface area contributed by atoms with Gasteiger partial charge >= 0.3 is 0 Å². The Morgan fingerprint density at radius 1 is 1.14 bits per heavy atom. The molecule has 0 aromatic rings. The molecule has 0 spiro atoms. The summed E-state index contributed by atoms with van der Waals surface area (Å²) >= 11 is 0. The second kappa shape index (κ2) is 0.683. The van der Waals surface area contributed by atoms with Crippen LogP contribution in [0.2, 0.25) is 0 Å². The summed E-state index contributed by atoms with van der Waals surface area (Å²) in [6.07, 6.45) is 4.65. The summed E-state index contributed by atoms with van der Waals surface area (Å²) in [6, 6.07) is 0. The summed E-state index contributed by atoms with van der Waals surface area (Å²) in [6.45, 7) is 4.67. The van der Waals surface area contributed by atoms with Crippen molar-refractivity contribution in [3.8, 4) is 0 Å². The topological polar surface area (TPSA) is 0 Å². The van der Waals surface area contributed by atoms with E-state index >= 15 is 0 Å². The molecule has 0 heterocycles. The average Bonchev–Trinajstić information content (AvgIpc) is 1.52. The van der Waals surface area contributed by atoms with Gasteiger partial charge in [-0.05, 0) is 17.3 Å². The first kappa shape index (κ1) is 3.71. The van der Waals surface area contributed by atoms with Crippen molar-refractivity contribution in [1.82, 2.24) is 0 Å². The molecular formula is C7H10. The minimum absolute atomic E-state index is 0.667. The van der Waals surface area contributed by atoms with Crippen LogP contribution in [0.5, 0.6) is 0 Å². The average molecular weight is 94.2 g/mol. The standard InChI is InChI=1S/C7H10/c1-7(2)5-3-4-6(5)7/h3-6H,1-2H3. The van der Waals surface area contributed by atoms with E-state index in [0.717, 1.165) is 11.8 Å². The van der Waals surface area contributed by atoms with Crippen LogP contribution in [0.4, 0.5) is 0 Å². The van der Waals surface area contributed by atoms with Crippen LogP contribution in [0, 0.1) is 17.3 Å². The summed E-state index contributed by atoms with van der Waals surface area (Å²) in [5, 5.41) is 0. The number of hydrogen-bond acceptors (Lipinski definition) is 0. The zero-order chi connectivity index (χ0) is 5.07. The van der Waals surface area contributed by atoms with Gasteiger partial charge in [0.05, 0.1) is 0 Å². The molecule has 1 fully saturated rings. The smallest absolute Gasteiger partial charge is 0.0108 e. The Balaban J connectivity index is 2.28. The molecule has 0 N–H and O–H groups in total. The number of fused-ring (bicyclic) bond motifs is 1. The van der Waals surface area contributed by atoms with E-state index in [1.807, 2.05) is 0 Å². The molecule has 0 aromatic carbocycles. The summed E-state index contributed by atoms with van der Waals surface area (Å²) in [5.41, 5.74) is 0.667. The van der Waals surface area contributed by atoms with Gasteiger partial charge in [0, 0.05) is 0 Å². The Morgan fingerprint density at radius 3 is 1.57 bits per heavy atom. The van der Waals surface area contributed by atoms with Gasteiger partial charge in [-0.15, -0.1) is 0 Å². The maximum Gasteiger partial charge on any atom is -0.0108 e. The van der Waals surface area contributed by atoms with Gasteiger partial charge in [0.2, 0.25) is 0 Å². The molecular weight excluding hydrogens is 84.1 g/mol. The van der Waals surface area contributed by atoms with Crippen molar-refractivity contribution < 1.29 is 0 Å². The molecule has 0 amide bonds. The van der Waals surface area contributed by atoms with Crippen molar-refractivity contribution in [2.75, 3.05) is 0 Å². The number of rotatable bonds is 0. The van der Waals surface area contributed by atoms with E-state index in [1.54, 1.807) is 0 Å². The fourth-order valence-electron chi connectivity index (χ4n) is 1.55. The Bertz CT molecular complexity index is 117. The first-order chi connectivity index (χ1) is 3.23. The summed E-state index contributed by atoms with van der Waals surface area (Å²) in [7, 11) is 0. The minimum Gasteiger partial charge on any atom is -0.0839 e. The zero-order valence-corrected chi connectivity index (χ0v) is 4.81. The van der Waals surface area contributed by atoms with E-state index < -0.39 is 0 Å². The third-order valence-corrected chi connectivity index (χ3v) is 2.52. The lowest BCUT2D eigenvalue weighted by atomic mass is 10.1. The van der Waals surface area contributed by atoms with Crippen LogP contribution in [0.1, 0.15) is 13.8 Å². The zero-order valence-electron chi connectivity index (χ0n) is 4.81. The lowest BCUT2D eigenvalue weighted by Crippen LogP contribution is -1.83. The van der Waals surface area contributed by atoms with Gasteiger partial charge < -0.3 is 0 Å². The van der Waals surface area contributed by atoms with Crippen LogP contribution in [-0.2, 0) is 0 Å². The molecule has 38 valence electrons. The highest BCUT2D eigenvalue weighted by atomic mass is 14.6. The second-order valence-corrected chi connectivity index (χ2v) is 3.26. The van der Waals surface area contributed by atoms with E-state index in [4.69, 9.17) is 0 Å². The van der Waals surface area contributed by atoms with Crippen LogP contribution < -0.4 is 0 Å². The van der Waals surface area contributed by atoms with Crippen molar-refractivity contribution in [1.29, 1.82) is 0 Å². The number of allylic oxidation sites excluding steroid dienone is 2. The molecule has 2 aliphatic carbocycles. The molecule has 0 nitrogen and oxygen atoms in total. The third-order valence-electron chi connectivity index (χ3n) is 2.52. The predicted molar refractivity (Wildman–Crippen MR) is 29.9 cm³/mol. The molecule has 0 heteroatoms. The van der Waals surface area contributed by atoms with Gasteiger partial charge in [-0.25, -0.2) is 0 Å². The molecule has 0 aromatic heterocycles. The van der Waals surface area contributed by atoms with E-state index in [9.17, 15) is 0 Å². The fraction of sp³-hybridized carbons (Fsp3) is 0.714. The predicted octanol–water partition coefficient (Wildman–Crippen LogP) is 1.83. The fourth-order valence-corrected chi connectivity index (χ4v) is 1.55. The largest absolute Gasteiger partial charge is 0.0839 e. The van der Waals surface area contributed by atoms with Crippen LogP contribution in [0.15, 0.2) is 12.2 Å². The number of hydrogen-bond donors (Lipinski definition) is 0. The molecule has 2 atom stereocenters. The van der Waals surface area contributed by atoms with E-state index in [0.29, 0.717) is 5.41 Å². The molecule has 0 radical (unpaired) electrons. The summed E-state index contributed by atoms with van der Waals surface area (Å²) in [4.78, 5) is 0. The Kier molecular flexibility index (Phi) is 0.362. The monoisotopic (exact) mass is 94.1 g/mol. The minimum atomic E-state index is 0.667. The van der Waals surface area contributed by atoms with Gasteiger partial charge in [-0.3, -0.25) is 0 Å². The van der Waals surface area contributed by atoms with Crippen molar-refractivity contribution >= 4 is 0 Å². The Labute approximate surface area is 44.2 Å².